The first-order valence-corrected chi connectivity index (χ1v) is 5.43. The molecule has 0 aliphatic heterocycles. The lowest BCUT2D eigenvalue weighted by Gasteiger charge is -2.18. The number of anilines is 1. The van der Waals surface area contributed by atoms with Crippen molar-refractivity contribution in [1.82, 2.24) is 4.90 Å². The molecule has 0 heterocycles. The molecule has 1 rings (SSSR count). The lowest BCUT2D eigenvalue weighted by atomic mass is 10.3. The van der Waals surface area contributed by atoms with Crippen molar-refractivity contribution in [3.63, 3.8) is 0 Å². The van der Waals surface area contributed by atoms with Gasteiger partial charge in [0.05, 0.1) is 0 Å². The third kappa shape index (κ3) is 3.46. The summed E-state index contributed by atoms with van der Waals surface area (Å²) in [7, 11) is 0. The van der Waals surface area contributed by atoms with Crippen LogP contribution in [0.3, 0.4) is 0 Å². The van der Waals surface area contributed by atoms with Gasteiger partial charge in [-0.25, -0.2) is 0 Å². The molecule has 2 N–H and O–H groups in total. The van der Waals surface area contributed by atoms with E-state index in [1.807, 2.05) is 13.8 Å². The van der Waals surface area contributed by atoms with Crippen molar-refractivity contribution in [3.05, 3.63) is 24.3 Å². The number of hydrogen-bond donors (Lipinski definition) is 1. The molecule has 0 radical (unpaired) electrons. The van der Waals surface area contributed by atoms with Gasteiger partial charge in [-0.15, -0.1) is 0 Å². The predicted octanol–water partition coefficient (Wildman–Crippen LogP) is 1.52. The molecule has 1 aromatic carbocycles. The summed E-state index contributed by atoms with van der Waals surface area (Å²) in [4.78, 5) is 13.4. The molecule has 1 aromatic rings. The maximum absolute atomic E-state index is 11.6. The van der Waals surface area contributed by atoms with Gasteiger partial charge in [-0.1, -0.05) is 0 Å². The number of carbonyl (C=O) groups excluding carboxylic acids is 1. The van der Waals surface area contributed by atoms with Crippen LogP contribution in [-0.4, -0.2) is 30.5 Å². The molecular formula is C12H18N2O2. The Bertz CT molecular complexity index is 331. The fraction of sp³-hybridized carbons (Fsp3) is 0.417. The summed E-state index contributed by atoms with van der Waals surface area (Å²) in [6, 6.07) is 7.00. The number of nitrogens with two attached hydrogens (primary N) is 1. The number of carbonyl (C=O) groups is 1. The van der Waals surface area contributed by atoms with Crippen molar-refractivity contribution < 1.29 is 9.53 Å². The Labute approximate surface area is 96.0 Å². The van der Waals surface area contributed by atoms with Crippen molar-refractivity contribution in [1.29, 1.82) is 0 Å². The second kappa shape index (κ2) is 6.00. The molecule has 16 heavy (non-hydrogen) atoms. The van der Waals surface area contributed by atoms with Gasteiger partial charge in [0.25, 0.3) is 5.91 Å². The van der Waals surface area contributed by atoms with Crippen LogP contribution in [0.5, 0.6) is 5.75 Å². The number of rotatable bonds is 5. The number of nitrogens with zero attached hydrogens (tertiary/aromatic N) is 1. The van der Waals surface area contributed by atoms with Crippen molar-refractivity contribution in [2.75, 3.05) is 25.4 Å². The zero-order valence-electron chi connectivity index (χ0n) is 9.77. The minimum atomic E-state index is 0.00169. The van der Waals surface area contributed by atoms with Gasteiger partial charge in [-0.2, -0.15) is 0 Å². The van der Waals surface area contributed by atoms with Gasteiger partial charge in [0.2, 0.25) is 0 Å². The Morgan fingerprint density at radius 1 is 1.25 bits per heavy atom. The molecule has 0 atom stereocenters. The zero-order valence-corrected chi connectivity index (χ0v) is 9.77. The van der Waals surface area contributed by atoms with Crippen molar-refractivity contribution in [2.45, 2.75) is 13.8 Å². The molecule has 0 fully saturated rings. The summed E-state index contributed by atoms with van der Waals surface area (Å²) in [5.41, 5.74) is 6.23. The highest BCUT2D eigenvalue weighted by Crippen LogP contribution is 2.12. The molecule has 0 aliphatic rings. The summed E-state index contributed by atoms with van der Waals surface area (Å²) in [5.74, 6) is 0.663. The molecule has 0 aromatic heterocycles. The average molecular weight is 222 g/mol. The van der Waals surface area contributed by atoms with E-state index in [0.29, 0.717) is 24.5 Å². The average Bonchev–Trinajstić information content (AvgIpc) is 2.30. The van der Waals surface area contributed by atoms with Crippen LogP contribution >= 0.6 is 0 Å². The largest absolute Gasteiger partial charge is 0.484 e. The van der Waals surface area contributed by atoms with Gasteiger partial charge in [0, 0.05) is 18.8 Å². The number of ether oxygens (including phenoxy) is 1. The number of likely N-dealkylation sites (N-methyl/N-ethyl adjacent to an activating group) is 1. The smallest absolute Gasteiger partial charge is 0.260 e. The van der Waals surface area contributed by atoms with E-state index >= 15 is 0 Å². The van der Waals surface area contributed by atoms with Gasteiger partial charge >= 0.3 is 0 Å². The zero-order chi connectivity index (χ0) is 12.0. The van der Waals surface area contributed by atoms with Gasteiger partial charge in [0.1, 0.15) is 5.75 Å². The number of nitrogen functional groups attached to an aromatic ring is 1. The molecule has 4 heteroatoms. The highest BCUT2D eigenvalue weighted by atomic mass is 16.5. The van der Waals surface area contributed by atoms with Crippen molar-refractivity contribution >= 4 is 11.6 Å². The Hall–Kier alpha value is -1.71. The fourth-order valence-electron chi connectivity index (χ4n) is 1.38. The highest BCUT2D eigenvalue weighted by Gasteiger charge is 2.09. The van der Waals surface area contributed by atoms with Crippen LogP contribution in [0.15, 0.2) is 24.3 Å². The highest BCUT2D eigenvalue weighted by molar-refractivity contribution is 5.77. The molecule has 0 bridgehead atoms. The lowest BCUT2D eigenvalue weighted by Crippen LogP contribution is -2.34. The minimum Gasteiger partial charge on any atom is -0.484 e. The molecule has 0 saturated heterocycles. The Balaban J connectivity index is 2.45. The summed E-state index contributed by atoms with van der Waals surface area (Å²) >= 11 is 0. The summed E-state index contributed by atoms with van der Waals surface area (Å²) in [6.45, 7) is 5.39. The third-order valence-electron chi connectivity index (χ3n) is 2.36. The van der Waals surface area contributed by atoms with Crippen LogP contribution in [-0.2, 0) is 4.79 Å². The molecule has 0 saturated carbocycles. The third-order valence-corrected chi connectivity index (χ3v) is 2.36. The van der Waals surface area contributed by atoms with E-state index < -0.39 is 0 Å². The van der Waals surface area contributed by atoms with Crippen LogP contribution in [0.1, 0.15) is 13.8 Å². The normalized spacial score (nSPS) is 9.88. The molecule has 0 unspecified atom stereocenters. The number of amides is 1. The Kier molecular flexibility index (Phi) is 4.64. The maximum Gasteiger partial charge on any atom is 0.260 e. The Morgan fingerprint density at radius 3 is 2.31 bits per heavy atom. The quantitative estimate of drug-likeness (QED) is 0.768. The second-order valence-corrected chi connectivity index (χ2v) is 3.42. The monoisotopic (exact) mass is 222 g/mol. The molecule has 0 aliphatic carbocycles. The van der Waals surface area contributed by atoms with Gasteiger partial charge < -0.3 is 15.4 Å². The molecular weight excluding hydrogens is 204 g/mol. The summed E-state index contributed by atoms with van der Waals surface area (Å²) in [6.07, 6.45) is 0. The first-order valence-electron chi connectivity index (χ1n) is 5.43. The number of hydrogen-bond acceptors (Lipinski definition) is 3. The topological polar surface area (TPSA) is 55.6 Å². The molecule has 1 amide bonds. The van der Waals surface area contributed by atoms with Crippen molar-refractivity contribution in [3.8, 4) is 5.75 Å². The van der Waals surface area contributed by atoms with Gasteiger partial charge in [-0.05, 0) is 38.1 Å². The summed E-state index contributed by atoms with van der Waals surface area (Å²) in [5, 5.41) is 0. The van der Waals surface area contributed by atoms with E-state index in [2.05, 4.69) is 0 Å². The van der Waals surface area contributed by atoms with Crippen LogP contribution in [0.25, 0.3) is 0 Å². The SMILES string of the molecule is CCN(CC)C(=O)COc1ccc(N)cc1. The second-order valence-electron chi connectivity index (χ2n) is 3.42. The predicted molar refractivity (Wildman–Crippen MR) is 64.3 cm³/mol. The first kappa shape index (κ1) is 12.4. The van der Waals surface area contributed by atoms with E-state index in [0.717, 1.165) is 0 Å². The van der Waals surface area contributed by atoms with Crippen LogP contribution < -0.4 is 10.5 Å². The standard InChI is InChI=1S/C12H18N2O2/c1-3-14(4-2)12(15)9-16-11-7-5-10(13)6-8-11/h5-8H,3-4,9,13H2,1-2H3. The first-order chi connectivity index (χ1) is 7.67. The van der Waals surface area contributed by atoms with E-state index in [4.69, 9.17) is 10.5 Å². The van der Waals surface area contributed by atoms with Crippen LogP contribution in [0, 0.1) is 0 Å². The van der Waals surface area contributed by atoms with Gasteiger partial charge in [0.15, 0.2) is 6.61 Å². The minimum absolute atomic E-state index is 0.00169. The maximum atomic E-state index is 11.6. The van der Waals surface area contributed by atoms with Crippen LogP contribution in [0.2, 0.25) is 0 Å². The van der Waals surface area contributed by atoms with E-state index in [1.54, 1.807) is 29.2 Å². The van der Waals surface area contributed by atoms with E-state index in [9.17, 15) is 4.79 Å². The summed E-state index contributed by atoms with van der Waals surface area (Å²) < 4.78 is 5.36. The van der Waals surface area contributed by atoms with Crippen molar-refractivity contribution in [2.24, 2.45) is 0 Å². The fourth-order valence-corrected chi connectivity index (χ4v) is 1.38. The molecule has 4 nitrogen and oxygen atoms in total. The lowest BCUT2D eigenvalue weighted by molar-refractivity contribution is -0.132. The Morgan fingerprint density at radius 2 is 1.81 bits per heavy atom. The molecule has 88 valence electrons. The number of benzene rings is 1. The molecule has 0 spiro atoms. The van der Waals surface area contributed by atoms with E-state index in [-0.39, 0.29) is 12.5 Å². The van der Waals surface area contributed by atoms with Crippen LogP contribution in [0.4, 0.5) is 5.69 Å². The van der Waals surface area contributed by atoms with Gasteiger partial charge in [-0.3, -0.25) is 4.79 Å². The van der Waals surface area contributed by atoms with E-state index in [1.165, 1.54) is 0 Å².